The number of nitrogens with zero attached hydrogens (tertiary/aromatic N) is 2. The molecule has 1 fully saturated rings. The Morgan fingerprint density at radius 2 is 2.00 bits per heavy atom. The van der Waals surface area contributed by atoms with E-state index in [0.29, 0.717) is 4.31 Å². The number of anilines is 1. The van der Waals surface area contributed by atoms with Crippen LogP contribution in [0.4, 0.5) is 10.1 Å². The Morgan fingerprint density at radius 1 is 1.33 bits per heavy atom. The molecule has 0 radical (unpaired) electrons. The maximum Gasteiger partial charge on any atom is 0.326 e. The van der Waals surface area contributed by atoms with Crippen LogP contribution in [-0.4, -0.2) is 37.7 Å². The van der Waals surface area contributed by atoms with E-state index in [0.717, 1.165) is 16.7 Å². The van der Waals surface area contributed by atoms with Crippen LogP contribution in [0.15, 0.2) is 16.9 Å². The van der Waals surface area contributed by atoms with Gasteiger partial charge in [0.15, 0.2) is 11.6 Å². The quantitative estimate of drug-likeness (QED) is 0.753. The van der Waals surface area contributed by atoms with Gasteiger partial charge in [-0.15, -0.1) is 0 Å². The summed E-state index contributed by atoms with van der Waals surface area (Å²) in [6.45, 7) is -0.665. The molecule has 1 aliphatic rings. The van der Waals surface area contributed by atoms with Crippen LogP contribution in [0.3, 0.4) is 0 Å². The monoisotopic (exact) mass is 357 g/mol. The predicted molar refractivity (Wildman–Crippen MR) is 81.8 cm³/mol. The Kier molecular flexibility index (Phi) is 3.41. The highest BCUT2D eigenvalue weighted by Gasteiger charge is 2.38. The number of hydrogen-bond acceptors (Lipinski definition) is 6. The van der Waals surface area contributed by atoms with Crippen LogP contribution in [0.25, 0.3) is 10.9 Å². The van der Waals surface area contributed by atoms with Gasteiger partial charge in [0.2, 0.25) is 0 Å². The van der Waals surface area contributed by atoms with Gasteiger partial charge in [-0.1, -0.05) is 0 Å². The van der Waals surface area contributed by atoms with Crippen molar-refractivity contribution in [1.29, 1.82) is 0 Å². The number of phenols is 1. The molecule has 9 nitrogen and oxygen atoms in total. The third-order valence-electron chi connectivity index (χ3n) is 3.68. The van der Waals surface area contributed by atoms with Crippen LogP contribution in [0, 0.1) is 5.82 Å². The number of nitrogens with one attached hydrogen (secondary N) is 1. The number of ether oxygens (including phenoxy) is 1. The third kappa shape index (κ3) is 2.16. The van der Waals surface area contributed by atoms with Crippen molar-refractivity contribution in [2.24, 2.45) is 7.05 Å². The summed E-state index contributed by atoms with van der Waals surface area (Å²) >= 11 is 0. The molecule has 1 amide bonds. The predicted octanol–water partition coefficient (Wildman–Crippen LogP) is -0.427. The van der Waals surface area contributed by atoms with Gasteiger partial charge in [0.1, 0.15) is 18.0 Å². The topological polar surface area (TPSA) is 118 Å². The van der Waals surface area contributed by atoms with Gasteiger partial charge in [0, 0.05) is 18.5 Å². The first kappa shape index (κ1) is 16.1. The van der Waals surface area contributed by atoms with Crippen LogP contribution in [0.5, 0.6) is 11.5 Å². The molecule has 11 heteroatoms. The van der Waals surface area contributed by atoms with E-state index in [-0.39, 0.29) is 16.7 Å². The van der Waals surface area contributed by atoms with Gasteiger partial charge in [-0.2, -0.15) is 8.42 Å². The molecule has 0 unspecified atom stereocenters. The molecular formula is C13H12FN3O6S. The Labute approximate surface area is 135 Å². The molecule has 0 spiro atoms. The first-order valence-corrected chi connectivity index (χ1v) is 8.04. The lowest BCUT2D eigenvalue weighted by Gasteiger charge is -2.19. The molecule has 1 aromatic heterocycles. The van der Waals surface area contributed by atoms with E-state index >= 15 is 0 Å². The zero-order valence-corrected chi connectivity index (χ0v) is 13.3. The lowest BCUT2D eigenvalue weighted by molar-refractivity contribution is -0.117. The van der Waals surface area contributed by atoms with Gasteiger partial charge < -0.3 is 14.4 Å². The van der Waals surface area contributed by atoms with E-state index in [2.05, 4.69) is 0 Å². The molecule has 0 aliphatic carbocycles. The van der Waals surface area contributed by atoms with Crippen molar-refractivity contribution in [3.05, 3.63) is 28.3 Å². The molecule has 0 atom stereocenters. The van der Waals surface area contributed by atoms with E-state index in [1.807, 2.05) is 0 Å². The molecule has 24 heavy (non-hydrogen) atoms. The number of pyridine rings is 1. The Hall–Kier alpha value is -2.82. The highest BCUT2D eigenvalue weighted by molar-refractivity contribution is 7.92. The van der Waals surface area contributed by atoms with Gasteiger partial charge in [-0.3, -0.25) is 9.59 Å². The van der Waals surface area contributed by atoms with Crippen LogP contribution in [-0.2, 0) is 22.1 Å². The zero-order valence-electron chi connectivity index (χ0n) is 12.5. The fourth-order valence-corrected chi connectivity index (χ4v) is 3.70. The van der Waals surface area contributed by atoms with E-state index in [1.165, 1.54) is 14.2 Å². The lowest BCUT2D eigenvalue weighted by Crippen LogP contribution is -2.30. The van der Waals surface area contributed by atoms with Gasteiger partial charge >= 0.3 is 10.2 Å². The average molecular weight is 357 g/mol. The number of fused-ring (bicyclic) bond motifs is 1. The zero-order chi connectivity index (χ0) is 17.8. The Balaban J connectivity index is 2.38. The van der Waals surface area contributed by atoms with Crippen molar-refractivity contribution in [1.82, 2.24) is 9.29 Å². The van der Waals surface area contributed by atoms with Crippen molar-refractivity contribution in [3.8, 4) is 11.5 Å². The maximum absolute atomic E-state index is 14.9. The van der Waals surface area contributed by atoms with Crippen LogP contribution in [0.1, 0.15) is 0 Å². The molecular weight excluding hydrogens is 345 g/mol. The van der Waals surface area contributed by atoms with Crippen LogP contribution < -0.4 is 19.3 Å². The largest absolute Gasteiger partial charge is 0.506 e. The second-order valence-electron chi connectivity index (χ2n) is 5.10. The van der Waals surface area contributed by atoms with Crippen molar-refractivity contribution in [3.63, 3.8) is 0 Å². The number of methoxy groups -OCH3 is 1. The molecule has 0 saturated carbocycles. The standard InChI is InChI=1S/C13H12FN3O6S/c1-16-7-4-8(18)12(17-5-10(19)15-24(17,21)22)11(14)6(7)3-9(23-2)13(16)20/h3-4,18H,5H2,1-2H3,(H,15,19). The summed E-state index contributed by atoms with van der Waals surface area (Å²) in [7, 11) is -1.72. The van der Waals surface area contributed by atoms with E-state index in [1.54, 1.807) is 4.72 Å². The number of aryl methyl sites for hydroxylation is 1. The minimum atomic E-state index is -4.30. The summed E-state index contributed by atoms with van der Waals surface area (Å²) in [6.07, 6.45) is 0. The van der Waals surface area contributed by atoms with Crippen molar-refractivity contribution < 1.29 is 27.4 Å². The Bertz CT molecular complexity index is 1050. The highest BCUT2D eigenvalue weighted by Crippen LogP contribution is 2.38. The minimum Gasteiger partial charge on any atom is -0.506 e. The number of phenolic OH excluding ortho intramolecular Hbond substituents is 1. The molecule has 128 valence electrons. The van der Waals surface area contributed by atoms with Crippen molar-refractivity contribution >= 4 is 32.7 Å². The second kappa shape index (κ2) is 5.09. The molecule has 2 N–H and O–H groups in total. The fourth-order valence-electron chi connectivity index (χ4n) is 2.54. The normalized spacial score (nSPS) is 16.5. The van der Waals surface area contributed by atoms with E-state index in [9.17, 15) is 27.5 Å². The van der Waals surface area contributed by atoms with Gasteiger partial charge in [0.05, 0.1) is 12.6 Å². The highest BCUT2D eigenvalue weighted by atomic mass is 32.2. The SMILES string of the molecule is COc1cc2c(F)c(N3CC(=O)NS3(=O)=O)c(O)cc2n(C)c1=O. The molecule has 0 bridgehead atoms. The summed E-state index contributed by atoms with van der Waals surface area (Å²) in [6, 6.07) is 2.15. The number of rotatable bonds is 2. The minimum absolute atomic E-state index is 0.0374. The number of aromatic nitrogens is 1. The Morgan fingerprint density at radius 3 is 2.54 bits per heavy atom. The van der Waals surface area contributed by atoms with Crippen molar-refractivity contribution in [2.75, 3.05) is 18.0 Å². The number of carbonyl (C=O) groups excluding carboxylic acids is 1. The molecule has 2 heterocycles. The third-order valence-corrected chi connectivity index (χ3v) is 5.06. The van der Waals surface area contributed by atoms with Crippen LogP contribution >= 0.6 is 0 Å². The van der Waals surface area contributed by atoms with Gasteiger partial charge in [-0.25, -0.2) is 13.4 Å². The number of aromatic hydroxyl groups is 1. The first-order valence-electron chi connectivity index (χ1n) is 6.60. The van der Waals surface area contributed by atoms with Crippen molar-refractivity contribution in [2.45, 2.75) is 0 Å². The summed E-state index contributed by atoms with van der Waals surface area (Å²) in [5, 5.41) is 9.94. The second-order valence-corrected chi connectivity index (χ2v) is 6.70. The molecule has 2 aromatic rings. The van der Waals surface area contributed by atoms with Gasteiger partial charge in [-0.05, 0) is 6.07 Å². The lowest BCUT2D eigenvalue weighted by atomic mass is 10.1. The number of benzene rings is 1. The summed E-state index contributed by atoms with van der Waals surface area (Å²) in [5.74, 6) is -2.83. The summed E-state index contributed by atoms with van der Waals surface area (Å²) < 4.78 is 46.7. The summed E-state index contributed by atoms with van der Waals surface area (Å²) in [5.41, 5.74) is -1.20. The van der Waals surface area contributed by atoms with Crippen LogP contribution in [0.2, 0.25) is 0 Å². The maximum atomic E-state index is 14.9. The molecule has 3 rings (SSSR count). The van der Waals surface area contributed by atoms with E-state index in [4.69, 9.17) is 4.74 Å². The molecule has 1 aromatic carbocycles. The first-order chi connectivity index (χ1) is 11.2. The molecule has 1 aliphatic heterocycles. The number of amides is 1. The average Bonchev–Trinajstić information content (AvgIpc) is 2.76. The van der Waals surface area contributed by atoms with E-state index < -0.39 is 45.5 Å². The smallest absolute Gasteiger partial charge is 0.326 e. The molecule has 1 saturated heterocycles. The summed E-state index contributed by atoms with van der Waals surface area (Å²) in [4.78, 5) is 23.3. The number of carbonyl (C=O) groups is 1. The fraction of sp³-hybridized carbons (Fsp3) is 0.231. The number of hydrogen-bond donors (Lipinski definition) is 2. The van der Waals surface area contributed by atoms with Gasteiger partial charge in [0.25, 0.3) is 11.5 Å². The number of halogens is 1.